The largest absolute Gasteiger partial charge is 0.496 e. The summed E-state index contributed by atoms with van der Waals surface area (Å²) in [4.78, 5) is 24.4. The van der Waals surface area contributed by atoms with Gasteiger partial charge in [-0.15, -0.1) is 0 Å². The van der Waals surface area contributed by atoms with Gasteiger partial charge in [-0.25, -0.2) is 8.42 Å². The number of carbonyl (C=O) groups is 2. The molecule has 170 valence electrons. The number of carbonyl (C=O) groups excluding carboxylic acids is 2. The average molecular weight is 460 g/mol. The number of para-hydroxylation sites is 1. The molecule has 2 amide bonds. The van der Waals surface area contributed by atoms with E-state index in [-0.39, 0.29) is 29.9 Å². The van der Waals surface area contributed by atoms with Gasteiger partial charge in [-0.05, 0) is 37.1 Å². The predicted molar refractivity (Wildman–Crippen MR) is 117 cm³/mol. The van der Waals surface area contributed by atoms with Crippen LogP contribution < -0.4 is 20.1 Å². The summed E-state index contributed by atoms with van der Waals surface area (Å²) in [6.45, 7) is 0.631. The third-order valence-electron chi connectivity index (χ3n) is 5.62. The van der Waals surface area contributed by atoms with E-state index in [4.69, 9.17) is 9.47 Å². The highest BCUT2D eigenvalue weighted by atomic mass is 32.2. The van der Waals surface area contributed by atoms with Gasteiger partial charge in [-0.1, -0.05) is 18.2 Å². The Morgan fingerprint density at radius 2 is 2.09 bits per heavy atom. The zero-order valence-electron chi connectivity index (χ0n) is 17.7. The lowest BCUT2D eigenvalue weighted by molar-refractivity contribution is -0.126. The van der Waals surface area contributed by atoms with E-state index in [0.29, 0.717) is 43.1 Å². The number of hydrogen-bond donors (Lipinski definition) is 2. The second kappa shape index (κ2) is 9.17. The molecule has 0 spiro atoms. The van der Waals surface area contributed by atoms with Gasteiger partial charge in [0.1, 0.15) is 11.5 Å². The molecule has 0 saturated carbocycles. The number of anilines is 1. The molecule has 0 bridgehead atoms. The second-order valence-electron chi connectivity index (χ2n) is 7.73. The number of ether oxygens (including phenoxy) is 2. The molecule has 1 atom stereocenters. The summed E-state index contributed by atoms with van der Waals surface area (Å²) >= 11 is 0. The Labute approximate surface area is 186 Å². The Balaban J connectivity index is 1.44. The number of amides is 2. The Kier molecular flexibility index (Phi) is 6.33. The number of methoxy groups -OCH3 is 1. The van der Waals surface area contributed by atoms with Gasteiger partial charge in [-0.3, -0.25) is 9.59 Å². The minimum absolute atomic E-state index is 0.0529. The SMILES string of the molecule is COc1ccccc1CNC(=O)C1CCCN(S(=O)(=O)c2ccc3c(c2)NC(=O)CO3)C1. The quantitative estimate of drug-likeness (QED) is 0.680. The molecule has 0 aliphatic carbocycles. The fraction of sp³-hybridized carbons (Fsp3) is 0.364. The van der Waals surface area contributed by atoms with E-state index in [1.54, 1.807) is 7.11 Å². The van der Waals surface area contributed by atoms with E-state index < -0.39 is 15.9 Å². The highest BCUT2D eigenvalue weighted by Gasteiger charge is 2.34. The van der Waals surface area contributed by atoms with Gasteiger partial charge in [0.05, 0.1) is 23.6 Å². The molecule has 1 unspecified atom stereocenters. The van der Waals surface area contributed by atoms with Gasteiger partial charge in [-0.2, -0.15) is 4.31 Å². The van der Waals surface area contributed by atoms with Crippen molar-refractivity contribution in [3.63, 3.8) is 0 Å². The van der Waals surface area contributed by atoms with Gasteiger partial charge in [0.15, 0.2) is 6.61 Å². The minimum Gasteiger partial charge on any atom is -0.496 e. The first-order chi connectivity index (χ1) is 15.4. The van der Waals surface area contributed by atoms with Crippen LogP contribution in [0.4, 0.5) is 5.69 Å². The van der Waals surface area contributed by atoms with Crippen molar-refractivity contribution >= 4 is 27.5 Å². The van der Waals surface area contributed by atoms with Crippen molar-refractivity contribution in [2.75, 3.05) is 32.1 Å². The maximum Gasteiger partial charge on any atom is 0.262 e. The fourth-order valence-electron chi connectivity index (χ4n) is 3.92. The van der Waals surface area contributed by atoms with Crippen LogP contribution in [-0.4, -0.2) is 51.3 Å². The zero-order valence-corrected chi connectivity index (χ0v) is 18.5. The molecule has 10 heteroatoms. The van der Waals surface area contributed by atoms with Crippen LogP contribution in [0.3, 0.4) is 0 Å². The number of fused-ring (bicyclic) bond motifs is 1. The summed E-state index contributed by atoms with van der Waals surface area (Å²) in [6, 6.07) is 11.8. The van der Waals surface area contributed by atoms with Crippen LogP contribution in [0.15, 0.2) is 47.4 Å². The van der Waals surface area contributed by atoms with Gasteiger partial charge in [0.2, 0.25) is 15.9 Å². The number of nitrogens with one attached hydrogen (secondary N) is 2. The Morgan fingerprint density at radius 1 is 1.28 bits per heavy atom. The minimum atomic E-state index is -3.83. The first-order valence-corrected chi connectivity index (χ1v) is 11.8. The van der Waals surface area contributed by atoms with Crippen molar-refractivity contribution in [3.05, 3.63) is 48.0 Å². The number of sulfonamides is 1. The molecule has 2 aromatic carbocycles. The molecule has 0 radical (unpaired) electrons. The van der Waals surface area contributed by atoms with E-state index in [0.717, 1.165) is 5.56 Å². The Hall–Kier alpha value is -3.11. The molecule has 0 aromatic heterocycles. The lowest BCUT2D eigenvalue weighted by Crippen LogP contribution is -2.45. The van der Waals surface area contributed by atoms with E-state index in [1.807, 2.05) is 24.3 Å². The molecule has 2 aliphatic heterocycles. The Bertz CT molecular complexity index is 1130. The highest BCUT2D eigenvalue weighted by molar-refractivity contribution is 7.89. The first kappa shape index (κ1) is 22.1. The molecular weight excluding hydrogens is 434 g/mol. The molecule has 2 heterocycles. The van der Waals surface area contributed by atoms with Crippen LogP contribution >= 0.6 is 0 Å². The molecule has 1 fully saturated rings. The summed E-state index contributed by atoms with van der Waals surface area (Å²) in [6.07, 6.45) is 1.19. The van der Waals surface area contributed by atoms with Crippen LogP contribution in [0, 0.1) is 5.92 Å². The van der Waals surface area contributed by atoms with Crippen molar-refractivity contribution in [2.45, 2.75) is 24.3 Å². The summed E-state index contributed by atoms with van der Waals surface area (Å²) < 4.78 is 38.4. The van der Waals surface area contributed by atoms with Crippen LogP contribution in [0.1, 0.15) is 18.4 Å². The van der Waals surface area contributed by atoms with Gasteiger partial charge in [0, 0.05) is 25.2 Å². The molecule has 2 aliphatic rings. The highest BCUT2D eigenvalue weighted by Crippen LogP contribution is 2.32. The van der Waals surface area contributed by atoms with Gasteiger partial charge < -0.3 is 20.1 Å². The topological polar surface area (TPSA) is 114 Å². The van der Waals surface area contributed by atoms with E-state index in [2.05, 4.69) is 10.6 Å². The molecule has 32 heavy (non-hydrogen) atoms. The smallest absolute Gasteiger partial charge is 0.262 e. The normalized spacial score (nSPS) is 18.8. The predicted octanol–water partition coefficient (Wildman–Crippen LogP) is 1.74. The molecular formula is C22H25N3O6S. The van der Waals surface area contributed by atoms with Crippen LogP contribution in [0.25, 0.3) is 0 Å². The van der Waals surface area contributed by atoms with Crippen LogP contribution in [0.2, 0.25) is 0 Å². The summed E-state index contributed by atoms with van der Waals surface area (Å²) in [5, 5.41) is 5.52. The van der Waals surface area contributed by atoms with Gasteiger partial charge >= 0.3 is 0 Å². The third-order valence-corrected chi connectivity index (χ3v) is 7.48. The lowest BCUT2D eigenvalue weighted by atomic mass is 9.98. The number of rotatable bonds is 6. The van der Waals surface area contributed by atoms with Crippen molar-refractivity contribution in [1.82, 2.24) is 9.62 Å². The van der Waals surface area contributed by atoms with Crippen molar-refractivity contribution in [2.24, 2.45) is 5.92 Å². The van der Waals surface area contributed by atoms with E-state index >= 15 is 0 Å². The van der Waals surface area contributed by atoms with Crippen molar-refractivity contribution in [3.8, 4) is 11.5 Å². The maximum atomic E-state index is 13.2. The maximum absolute atomic E-state index is 13.2. The van der Waals surface area contributed by atoms with E-state index in [1.165, 1.54) is 22.5 Å². The molecule has 4 rings (SSSR count). The van der Waals surface area contributed by atoms with Crippen molar-refractivity contribution < 1.29 is 27.5 Å². The summed E-state index contributed by atoms with van der Waals surface area (Å²) in [5.41, 5.74) is 1.17. The lowest BCUT2D eigenvalue weighted by Gasteiger charge is -2.31. The number of hydrogen-bond acceptors (Lipinski definition) is 6. The monoisotopic (exact) mass is 459 g/mol. The zero-order chi connectivity index (χ0) is 22.7. The van der Waals surface area contributed by atoms with Crippen LogP contribution in [-0.2, 0) is 26.2 Å². The average Bonchev–Trinajstić information content (AvgIpc) is 2.82. The second-order valence-corrected chi connectivity index (χ2v) is 9.66. The molecule has 9 nitrogen and oxygen atoms in total. The number of nitrogens with zero attached hydrogens (tertiary/aromatic N) is 1. The first-order valence-electron chi connectivity index (χ1n) is 10.3. The summed E-state index contributed by atoms with van der Waals surface area (Å²) in [7, 11) is -2.26. The van der Waals surface area contributed by atoms with Gasteiger partial charge in [0.25, 0.3) is 5.91 Å². The van der Waals surface area contributed by atoms with Crippen LogP contribution in [0.5, 0.6) is 11.5 Å². The summed E-state index contributed by atoms with van der Waals surface area (Å²) in [5.74, 6) is 0.132. The fourth-order valence-corrected chi connectivity index (χ4v) is 5.47. The Morgan fingerprint density at radius 3 is 2.91 bits per heavy atom. The number of piperidine rings is 1. The van der Waals surface area contributed by atoms with E-state index in [9.17, 15) is 18.0 Å². The van der Waals surface area contributed by atoms with Crippen molar-refractivity contribution in [1.29, 1.82) is 0 Å². The molecule has 2 N–H and O–H groups in total. The number of benzene rings is 2. The molecule has 2 aromatic rings. The standard InChI is InChI=1S/C22H25N3O6S/c1-30-19-7-3-2-5-15(19)12-23-22(27)16-6-4-10-25(13-16)32(28,29)17-8-9-20-18(11-17)24-21(26)14-31-20/h2-3,5,7-9,11,16H,4,6,10,12-14H2,1H3,(H,23,27)(H,24,26). The molecule has 1 saturated heterocycles. The third kappa shape index (κ3) is 4.56.